The average Bonchev–Trinajstić information content (AvgIpc) is 2.75. The number of carboxylic acid groups (broad SMARTS) is 1. The first-order chi connectivity index (χ1) is 8.86. The van der Waals surface area contributed by atoms with Crippen LogP contribution in [0.25, 0.3) is 11.4 Å². The Balaban J connectivity index is 2.23. The number of imidazole rings is 1. The van der Waals surface area contributed by atoms with Crippen LogP contribution in [-0.4, -0.2) is 21.0 Å². The van der Waals surface area contributed by atoms with Gasteiger partial charge >= 0.3 is 12.1 Å². The van der Waals surface area contributed by atoms with Gasteiger partial charge in [0.25, 0.3) is 0 Å². The zero-order valence-electron chi connectivity index (χ0n) is 9.53. The van der Waals surface area contributed by atoms with Crippen LogP contribution in [0.3, 0.4) is 0 Å². The van der Waals surface area contributed by atoms with Gasteiger partial charge in [0, 0.05) is 17.5 Å². The Labute approximate surface area is 105 Å². The van der Waals surface area contributed by atoms with E-state index in [9.17, 15) is 18.0 Å². The predicted molar refractivity (Wildman–Crippen MR) is 60.4 cm³/mol. The molecule has 0 saturated carbocycles. The van der Waals surface area contributed by atoms with Crippen LogP contribution in [0.2, 0.25) is 0 Å². The summed E-state index contributed by atoms with van der Waals surface area (Å²) in [5.74, 6) is -0.674. The summed E-state index contributed by atoms with van der Waals surface area (Å²) in [7, 11) is 0. The Bertz CT molecular complexity index is 588. The van der Waals surface area contributed by atoms with E-state index in [1.807, 2.05) is 0 Å². The maximum atomic E-state index is 12.4. The largest absolute Gasteiger partial charge is 0.481 e. The number of aromatic nitrogens is 2. The van der Waals surface area contributed by atoms with Crippen molar-refractivity contribution in [1.82, 2.24) is 9.97 Å². The molecular formula is C12H9F3N2O2. The first-order valence-electron chi connectivity index (χ1n) is 5.29. The van der Waals surface area contributed by atoms with Crippen molar-refractivity contribution in [3.8, 4) is 11.4 Å². The van der Waals surface area contributed by atoms with Crippen LogP contribution in [0.4, 0.5) is 13.2 Å². The van der Waals surface area contributed by atoms with Crippen molar-refractivity contribution < 1.29 is 23.1 Å². The number of hydrogen-bond acceptors (Lipinski definition) is 2. The van der Waals surface area contributed by atoms with Crippen LogP contribution >= 0.6 is 0 Å². The second-order valence-electron chi connectivity index (χ2n) is 3.90. The Morgan fingerprint density at radius 1 is 1.26 bits per heavy atom. The molecule has 0 spiro atoms. The number of nitrogens with one attached hydrogen (secondary N) is 1. The summed E-state index contributed by atoms with van der Waals surface area (Å²) in [4.78, 5) is 17.2. The zero-order chi connectivity index (χ0) is 14.0. The normalized spacial score (nSPS) is 11.5. The highest BCUT2D eigenvalue weighted by molar-refractivity contribution is 5.70. The molecule has 19 heavy (non-hydrogen) atoms. The summed E-state index contributed by atoms with van der Waals surface area (Å²) < 4.78 is 37.1. The van der Waals surface area contributed by atoms with Crippen molar-refractivity contribution in [2.45, 2.75) is 12.6 Å². The molecule has 0 aliphatic heterocycles. The number of hydrogen-bond donors (Lipinski definition) is 2. The molecule has 0 bridgehead atoms. The molecule has 4 nitrogen and oxygen atoms in total. The third-order valence-corrected chi connectivity index (χ3v) is 2.46. The highest BCUT2D eigenvalue weighted by atomic mass is 19.4. The molecule has 0 aliphatic rings. The fraction of sp³-hybridized carbons (Fsp3) is 0.167. The molecule has 0 unspecified atom stereocenters. The number of nitrogens with zero attached hydrogens (tertiary/aromatic N) is 1. The van der Waals surface area contributed by atoms with E-state index in [1.54, 1.807) is 0 Å². The van der Waals surface area contributed by atoms with Gasteiger partial charge in [-0.25, -0.2) is 4.98 Å². The number of aromatic amines is 1. The van der Waals surface area contributed by atoms with Crippen molar-refractivity contribution in [2.75, 3.05) is 0 Å². The molecule has 0 aliphatic carbocycles. The second kappa shape index (κ2) is 4.75. The summed E-state index contributed by atoms with van der Waals surface area (Å²) in [5.41, 5.74) is 0.112. The van der Waals surface area contributed by atoms with Crippen molar-refractivity contribution in [1.29, 1.82) is 0 Å². The Morgan fingerprint density at radius 2 is 1.89 bits per heavy atom. The molecule has 7 heteroatoms. The maximum absolute atomic E-state index is 12.4. The lowest BCUT2D eigenvalue weighted by Gasteiger charge is -2.06. The van der Waals surface area contributed by atoms with Gasteiger partial charge in [-0.15, -0.1) is 0 Å². The van der Waals surface area contributed by atoms with E-state index in [-0.39, 0.29) is 6.42 Å². The number of H-pyrrole nitrogens is 1. The number of halogens is 3. The van der Waals surface area contributed by atoms with Crippen LogP contribution < -0.4 is 0 Å². The number of benzene rings is 1. The predicted octanol–water partition coefficient (Wildman–Crippen LogP) is 2.72. The summed E-state index contributed by atoms with van der Waals surface area (Å²) in [6.07, 6.45) is -3.25. The monoisotopic (exact) mass is 270 g/mol. The van der Waals surface area contributed by atoms with Crippen LogP contribution in [0.1, 0.15) is 11.3 Å². The van der Waals surface area contributed by atoms with E-state index >= 15 is 0 Å². The van der Waals surface area contributed by atoms with Gasteiger partial charge in [-0.05, 0) is 12.1 Å². The summed E-state index contributed by atoms with van der Waals surface area (Å²) in [5, 5.41) is 8.60. The maximum Gasteiger partial charge on any atom is 0.416 e. The summed E-state index contributed by atoms with van der Waals surface area (Å²) in [6.45, 7) is 0. The molecule has 1 aromatic carbocycles. The standard InChI is InChI=1S/C12H9F3N2O2/c13-12(14,15)8-3-1-7(2-4-8)11-16-6-9(17-11)5-10(18)19/h1-4,6H,5H2,(H,16,17)(H,18,19). The molecule has 2 aromatic rings. The van der Waals surface area contributed by atoms with Gasteiger partial charge < -0.3 is 10.1 Å². The first-order valence-corrected chi connectivity index (χ1v) is 5.29. The number of carbonyl (C=O) groups is 1. The number of alkyl halides is 3. The lowest BCUT2D eigenvalue weighted by molar-refractivity contribution is -0.138. The molecule has 100 valence electrons. The Morgan fingerprint density at radius 3 is 2.42 bits per heavy atom. The lowest BCUT2D eigenvalue weighted by Crippen LogP contribution is -2.04. The van der Waals surface area contributed by atoms with Gasteiger partial charge in [-0.2, -0.15) is 13.2 Å². The fourth-order valence-electron chi connectivity index (χ4n) is 1.58. The Kier molecular flexibility index (Phi) is 3.28. The SMILES string of the molecule is O=C(O)Cc1cnc(-c2ccc(C(F)(F)F)cc2)[nH]1. The van der Waals surface area contributed by atoms with E-state index in [4.69, 9.17) is 5.11 Å². The summed E-state index contributed by atoms with van der Waals surface area (Å²) >= 11 is 0. The minimum atomic E-state index is -4.38. The number of aliphatic carboxylic acids is 1. The Hall–Kier alpha value is -2.31. The highest BCUT2D eigenvalue weighted by Gasteiger charge is 2.30. The minimum Gasteiger partial charge on any atom is -0.481 e. The zero-order valence-corrected chi connectivity index (χ0v) is 9.53. The molecule has 1 aromatic heterocycles. The van der Waals surface area contributed by atoms with E-state index in [2.05, 4.69) is 9.97 Å². The number of carboxylic acids is 1. The van der Waals surface area contributed by atoms with E-state index in [0.717, 1.165) is 12.1 Å². The minimum absolute atomic E-state index is 0.215. The van der Waals surface area contributed by atoms with Crippen molar-refractivity contribution in [3.05, 3.63) is 41.7 Å². The summed E-state index contributed by atoms with van der Waals surface area (Å²) in [6, 6.07) is 4.47. The van der Waals surface area contributed by atoms with Gasteiger partial charge in [0.1, 0.15) is 5.82 Å². The molecule has 2 N–H and O–H groups in total. The third kappa shape index (κ3) is 3.12. The molecule has 0 amide bonds. The number of rotatable bonds is 3. The molecular weight excluding hydrogens is 261 g/mol. The van der Waals surface area contributed by atoms with Crippen LogP contribution in [-0.2, 0) is 17.4 Å². The van der Waals surface area contributed by atoms with Gasteiger partial charge in [0.2, 0.25) is 0 Å². The molecule has 0 saturated heterocycles. The molecule has 1 heterocycles. The van der Waals surface area contributed by atoms with E-state index < -0.39 is 17.7 Å². The van der Waals surface area contributed by atoms with Gasteiger partial charge in [-0.3, -0.25) is 4.79 Å². The van der Waals surface area contributed by atoms with Crippen LogP contribution in [0, 0.1) is 0 Å². The van der Waals surface area contributed by atoms with Gasteiger partial charge in [0.05, 0.1) is 12.0 Å². The van der Waals surface area contributed by atoms with E-state index in [1.165, 1.54) is 18.3 Å². The smallest absolute Gasteiger partial charge is 0.416 e. The molecule has 0 fully saturated rings. The third-order valence-electron chi connectivity index (χ3n) is 2.46. The van der Waals surface area contributed by atoms with Crippen molar-refractivity contribution in [3.63, 3.8) is 0 Å². The fourth-order valence-corrected chi connectivity index (χ4v) is 1.58. The van der Waals surface area contributed by atoms with Gasteiger partial charge in [-0.1, -0.05) is 12.1 Å². The first kappa shape index (κ1) is 13.1. The van der Waals surface area contributed by atoms with Crippen molar-refractivity contribution in [2.24, 2.45) is 0 Å². The lowest BCUT2D eigenvalue weighted by atomic mass is 10.1. The average molecular weight is 270 g/mol. The molecule has 0 atom stereocenters. The second-order valence-corrected chi connectivity index (χ2v) is 3.90. The van der Waals surface area contributed by atoms with Crippen molar-refractivity contribution >= 4 is 5.97 Å². The van der Waals surface area contributed by atoms with Crippen LogP contribution in [0.5, 0.6) is 0 Å². The highest BCUT2D eigenvalue weighted by Crippen LogP contribution is 2.30. The quantitative estimate of drug-likeness (QED) is 0.901. The van der Waals surface area contributed by atoms with Crippen LogP contribution in [0.15, 0.2) is 30.5 Å². The molecule has 2 rings (SSSR count). The molecule has 0 radical (unpaired) electrons. The van der Waals surface area contributed by atoms with Gasteiger partial charge in [0.15, 0.2) is 0 Å². The van der Waals surface area contributed by atoms with E-state index in [0.29, 0.717) is 17.1 Å². The topological polar surface area (TPSA) is 66.0 Å².